The van der Waals surface area contributed by atoms with Gasteiger partial charge in [-0.3, -0.25) is 4.79 Å². The number of amides is 2. The second-order valence-electron chi connectivity index (χ2n) is 4.93. The van der Waals surface area contributed by atoms with E-state index < -0.39 is 17.5 Å². The van der Waals surface area contributed by atoms with Crippen LogP contribution in [-0.4, -0.2) is 24.1 Å². The van der Waals surface area contributed by atoms with Crippen LogP contribution >= 0.6 is 0 Å². The Labute approximate surface area is 122 Å². The van der Waals surface area contributed by atoms with Crippen molar-refractivity contribution < 1.29 is 14.3 Å². The van der Waals surface area contributed by atoms with Crippen LogP contribution in [0.3, 0.4) is 0 Å². The van der Waals surface area contributed by atoms with Crippen molar-refractivity contribution in [1.29, 1.82) is 0 Å². The van der Waals surface area contributed by atoms with Crippen molar-refractivity contribution in [2.45, 2.75) is 32.2 Å². The van der Waals surface area contributed by atoms with Gasteiger partial charge in [-0.1, -0.05) is 23.3 Å². The average molecular weight is 288 g/mol. The molecule has 0 aromatic heterocycles. The number of ether oxygens (including phenoxy) is 1. The van der Waals surface area contributed by atoms with Crippen LogP contribution in [0.2, 0.25) is 0 Å². The van der Waals surface area contributed by atoms with E-state index in [2.05, 4.69) is 10.0 Å². The molecule has 0 N–H and O–H groups in total. The number of azide groups is 1. The highest BCUT2D eigenvalue weighted by atomic mass is 16.6. The minimum atomic E-state index is -1.31. The van der Waals surface area contributed by atoms with Crippen molar-refractivity contribution in [1.82, 2.24) is 0 Å². The van der Waals surface area contributed by atoms with Crippen molar-refractivity contribution in [2.75, 3.05) is 11.5 Å². The maximum atomic E-state index is 12.7. The summed E-state index contributed by atoms with van der Waals surface area (Å²) in [6, 6.07) is 7.11. The van der Waals surface area contributed by atoms with Crippen LogP contribution in [0.25, 0.3) is 10.4 Å². The highest BCUT2D eigenvalue weighted by Gasteiger charge is 2.42. The Morgan fingerprint density at radius 2 is 2.24 bits per heavy atom. The Balaban J connectivity index is 2.56. The zero-order chi connectivity index (χ0) is 15.5. The summed E-state index contributed by atoms with van der Waals surface area (Å²) in [5.41, 5.74) is 8.73. The topological polar surface area (TPSA) is 95.4 Å². The van der Waals surface area contributed by atoms with Gasteiger partial charge in [-0.25, -0.2) is 9.69 Å². The lowest BCUT2D eigenvalue weighted by Crippen LogP contribution is -2.48. The number of nitrogens with zero attached hydrogens (tertiary/aromatic N) is 4. The second kappa shape index (κ2) is 5.85. The summed E-state index contributed by atoms with van der Waals surface area (Å²) >= 11 is 0. The van der Waals surface area contributed by atoms with Gasteiger partial charge in [0.15, 0.2) is 0 Å². The molecule has 0 fully saturated rings. The number of anilines is 1. The average Bonchev–Trinajstić information content (AvgIpc) is 2.56. The Morgan fingerprint density at radius 1 is 1.52 bits per heavy atom. The van der Waals surface area contributed by atoms with Crippen molar-refractivity contribution in [2.24, 2.45) is 5.11 Å². The van der Waals surface area contributed by atoms with Gasteiger partial charge in [0.2, 0.25) is 5.91 Å². The molecular formula is C14H16N4O3. The third-order valence-corrected chi connectivity index (χ3v) is 3.49. The van der Waals surface area contributed by atoms with Gasteiger partial charge in [0.05, 0.1) is 12.3 Å². The van der Waals surface area contributed by atoms with Gasteiger partial charge in [-0.15, -0.1) is 0 Å². The van der Waals surface area contributed by atoms with Gasteiger partial charge in [-0.2, -0.15) is 0 Å². The van der Waals surface area contributed by atoms with E-state index in [0.717, 1.165) is 10.5 Å². The van der Waals surface area contributed by atoms with Crippen LogP contribution in [0.15, 0.2) is 29.4 Å². The van der Waals surface area contributed by atoms with Crippen molar-refractivity contribution in [3.63, 3.8) is 0 Å². The molecule has 7 nitrogen and oxygen atoms in total. The number of carbonyl (C=O) groups is 2. The monoisotopic (exact) mass is 288 g/mol. The maximum Gasteiger partial charge on any atom is 0.421 e. The lowest BCUT2D eigenvalue weighted by Gasteiger charge is -2.26. The molecule has 21 heavy (non-hydrogen) atoms. The number of hydrogen-bond acceptors (Lipinski definition) is 4. The first-order chi connectivity index (χ1) is 10.0. The van der Waals surface area contributed by atoms with Crippen LogP contribution in [0.4, 0.5) is 10.5 Å². The normalized spacial score (nSPS) is 21.0. The van der Waals surface area contributed by atoms with E-state index in [1.54, 1.807) is 19.1 Å². The fourth-order valence-electron chi connectivity index (χ4n) is 2.34. The summed E-state index contributed by atoms with van der Waals surface area (Å²) < 4.78 is 4.97. The van der Waals surface area contributed by atoms with Gasteiger partial charge in [0.1, 0.15) is 5.54 Å². The molecule has 7 heteroatoms. The molecule has 1 aromatic rings. The predicted octanol–water partition coefficient (Wildman–Crippen LogP) is 3.19. The molecule has 1 atom stereocenters. The predicted molar refractivity (Wildman–Crippen MR) is 76.8 cm³/mol. The molecule has 0 aliphatic carbocycles. The zero-order valence-corrected chi connectivity index (χ0v) is 11.9. The third-order valence-electron chi connectivity index (χ3n) is 3.49. The molecule has 2 amide bonds. The highest BCUT2D eigenvalue weighted by molar-refractivity contribution is 6.16. The summed E-state index contributed by atoms with van der Waals surface area (Å²) in [5.74, 6) is -0.566. The maximum absolute atomic E-state index is 12.7. The Morgan fingerprint density at radius 3 is 2.90 bits per heavy atom. The number of rotatable bonds is 2. The van der Waals surface area contributed by atoms with Crippen molar-refractivity contribution in [3.8, 4) is 0 Å². The Bertz CT molecular complexity index is 624. The first-order valence-corrected chi connectivity index (χ1v) is 6.69. The number of aryl methyl sites for hydroxylation is 1. The van der Waals surface area contributed by atoms with Gasteiger partial charge >= 0.3 is 6.09 Å². The van der Waals surface area contributed by atoms with E-state index in [4.69, 9.17) is 10.3 Å². The van der Waals surface area contributed by atoms with E-state index in [-0.39, 0.29) is 6.61 Å². The summed E-state index contributed by atoms with van der Waals surface area (Å²) in [5, 5.41) is 3.61. The second-order valence-corrected chi connectivity index (χ2v) is 4.93. The first-order valence-electron chi connectivity index (χ1n) is 6.69. The van der Waals surface area contributed by atoms with Gasteiger partial charge in [0, 0.05) is 4.91 Å². The molecule has 0 bridgehead atoms. The lowest BCUT2D eigenvalue weighted by atomic mass is 9.95. The Kier molecular flexibility index (Phi) is 4.14. The molecule has 0 radical (unpaired) electrons. The molecular weight excluding hydrogens is 272 g/mol. The van der Waals surface area contributed by atoms with Crippen LogP contribution in [-0.2, 0) is 16.0 Å². The van der Waals surface area contributed by atoms with E-state index in [1.807, 2.05) is 12.1 Å². The highest BCUT2D eigenvalue weighted by Crippen LogP contribution is 2.33. The molecule has 1 unspecified atom stereocenters. The van der Waals surface area contributed by atoms with Gasteiger partial charge in [0.25, 0.3) is 0 Å². The molecule has 0 saturated carbocycles. The third kappa shape index (κ3) is 2.68. The summed E-state index contributed by atoms with van der Waals surface area (Å²) in [7, 11) is 0. The molecule has 110 valence electrons. The molecule has 1 aromatic carbocycles. The van der Waals surface area contributed by atoms with E-state index >= 15 is 0 Å². The molecule has 0 saturated heterocycles. The van der Waals surface area contributed by atoms with Gasteiger partial charge in [-0.05, 0) is 43.9 Å². The van der Waals surface area contributed by atoms with Crippen LogP contribution < -0.4 is 4.90 Å². The standard InChI is InChI=1S/C14H16N4O3/c1-3-21-13(20)18-11-7-5-4-6-10(11)8-9-14(2,12(18)19)16-17-15/h4-7H,3,8-9H2,1-2H3. The van der Waals surface area contributed by atoms with E-state index in [0.29, 0.717) is 18.5 Å². The molecule has 1 aliphatic heterocycles. The Hall–Kier alpha value is -2.53. The van der Waals surface area contributed by atoms with E-state index in [1.165, 1.54) is 6.92 Å². The van der Waals surface area contributed by atoms with Crippen LogP contribution in [0.1, 0.15) is 25.8 Å². The smallest absolute Gasteiger partial charge is 0.421 e. The first kappa shape index (κ1) is 14.9. The minimum absolute atomic E-state index is 0.156. The summed E-state index contributed by atoms with van der Waals surface area (Å²) in [4.78, 5) is 28.6. The largest absolute Gasteiger partial charge is 0.449 e. The number of fused-ring (bicyclic) bond motifs is 1. The van der Waals surface area contributed by atoms with Gasteiger partial charge < -0.3 is 4.74 Å². The lowest BCUT2D eigenvalue weighted by molar-refractivity contribution is -0.122. The number of carbonyl (C=O) groups excluding carboxylic acids is 2. The molecule has 2 rings (SSSR count). The van der Waals surface area contributed by atoms with E-state index in [9.17, 15) is 9.59 Å². The van der Waals surface area contributed by atoms with Crippen molar-refractivity contribution >= 4 is 17.7 Å². The summed E-state index contributed by atoms with van der Waals surface area (Å²) in [6.45, 7) is 3.36. The fraction of sp³-hybridized carbons (Fsp3) is 0.429. The number of benzene rings is 1. The fourth-order valence-corrected chi connectivity index (χ4v) is 2.34. The molecule has 1 heterocycles. The quantitative estimate of drug-likeness (QED) is 0.475. The number of imide groups is 1. The van der Waals surface area contributed by atoms with Crippen LogP contribution in [0, 0.1) is 0 Å². The summed E-state index contributed by atoms with van der Waals surface area (Å²) in [6.07, 6.45) is 0.118. The van der Waals surface area contributed by atoms with Crippen molar-refractivity contribution in [3.05, 3.63) is 40.3 Å². The van der Waals surface area contributed by atoms with Crippen LogP contribution in [0.5, 0.6) is 0 Å². The SMILES string of the molecule is CCOC(=O)N1C(=O)C(C)(N=[N+]=[N-])CCc2ccccc21. The molecule has 1 aliphatic rings. The number of hydrogen-bond donors (Lipinski definition) is 0. The zero-order valence-electron chi connectivity index (χ0n) is 11.9. The molecule has 0 spiro atoms. The minimum Gasteiger partial charge on any atom is -0.449 e. The number of para-hydroxylation sites is 1.